The monoisotopic (exact) mass is 234 g/mol. The molecular formula is C12H20N5+. The van der Waals surface area contributed by atoms with Crippen LogP contribution in [0.1, 0.15) is 32.5 Å². The van der Waals surface area contributed by atoms with E-state index in [1.165, 1.54) is 37.6 Å². The van der Waals surface area contributed by atoms with E-state index in [-0.39, 0.29) is 0 Å². The van der Waals surface area contributed by atoms with Gasteiger partial charge in [0.15, 0.2) is 12.4 Å². The van der Waals surface area contributed by atoms with Crippen molar-refractivity contribution in [2.45, 2.75) is 39.7 Å². The molecule has 0 aromatic carbocycles. The average molecular weight is 234 g/mol. The zero-order valence-corrected chi connectivity index (χ0v) is 10.8. The van der Waals surface area contributed by atoms with Gasteiger partial charge >= 0.3 is 0 Å². The number of nitrogens with zero attached hydrogens (tertiary/aromatic N) is 4. The van der Waals surface area contributed by atoms with Gasteiger partial charge in [-0.25, -0.2) is 14.5 Å². The largest absolute Gasteiger partial charge is 0.255 e. The zero-order valence-electron chi connectivity index (χ0n) is 10.8. The second-order valence-electron chi connectivity index (χ2n) is 3.57. The first-order valence-corrected chi connectivity index (χ1v) is 5.78. The maximum atomic E-state index is 7.48. The molecule has 0 aliphatic rings. The lowest BCUT2D eigenvalue weighted by Gasteiger charge is -1.98. The van der Waals surface area contributed by atoms with E-state index in [4.69, 9.17) is 10.5 Å². The average Bonchev–Trinajstić information content (AvgIpc) is 2.69. The summed E-state index contributed by atoms with van der Waals surface area (Å²) >= 11 is 0. The van der Waals surface area contributed by atoms with E-state index in [2.05, 4.69) is 42.4 Å². The van der Waals surface area contributed by atoms with Crippen molar-refractivity contribution in [1.29, 1.82) is 10.5 Å². The van der Waals surface area contributed by atoms with Gasteiger partial charge in [-0.3, -0.25) is 0 Å². The Morgan fingerprint density at radius 1 is 1.35 bits per heavy atom. The number of nitrogens with one attached hydrogen (secondary N) is 1. The molecule has 0 fully saturated rings. The molecule has 0 bridgehead atoms. The summed E-state index contributed by atoms with van der Waals surface area (Å²) < 4.78 is 4.55. The van der Waals surface area contributed by atoms with E-state index in [0.717, 1.165) is 6.42 Å². The van der Waals surface area contributed by atoms with Crippen LogP contribution in [0.25, 0.3) is 0 Å². The van der Waals surface area contributed by atoms with Gasteiger partial charge in [0.05, 0.1) is 13.6 Å². The number of aryl methyl sites for hydroxylation is 2. The minimum atomic E-state index is 1.12. The van der Waals surface area contributed by atoms with Gasteiger partial charge in [0.1, 0.15) is 12.4 Å². The fourth-order valence-electron chi connectivity index (χ4n) is 1.56. The second-order valence-corrected chi connectivity index (χ2v) is 3.57. The van der Waals surface area contributed by atoms with Crippen LogP contribution in [-0.4, -0.2) is 4.57 Å². The number of imidazole rings is 1. The van der Waals surface area contributed by atoms with Crippen LogP contribution in [0.3, 0.4) is 0 Å². The van der Waals surface area contributed by atoms with Crippen LogP contribution in [-0.2, 0) is 20.0 Å². The molecule has 0 spiro atoms. The first kappa shape index (κ1) is 15.0. The van der Waals surface area contributed by atoms with Crippen LogP contribution in [0.15, 0.2) is 12.4 Å². The highest BCUT2D eigenvalue weighted by atomic mass is 15.1. The van der Waals surface area contributed by atoms with Gasteiger partial charge in [-0.2, -0.15) is 10.5 Å². The summed E-state index contributed by atoms with van der Waals surface area (Å²) in [5.41, 5.74) is 0. The van der Waals surface area contributed by atoms with E-state index in [1.54, 1.807) is 5.32 Å². The first-order chi connectivity index (χ1) is 8.21. The van der Waals surface area contributed by atoms with E-state index >= 15 is 0 Å². The quantitative estimate of drug-likeness (QED) is 0.484. The van der Waals surface area contributed by atoms with Crippen molar-refractivity contribution in [2.24, 2.45) is 7.05 Å². The summed E-state index contributed by atoms with van der Waals surface area (Å²) in [4.78, 5) is 0. The van der Waals surface area contributed by atoms with Crippen LogP contribution in [0.2, 0.25) is 0 Å². The molecular weight excluding hydrogens is 214 g/mol. The molecule has 17 heavy (non-hydrogen) atoms. The van der Waals surface area contributed by atoms with Crippen molar-refractivity contribution in [3.05, 3.63) is 18.2 Å². The predicted octanol–water partition coefficient (Wildman–Crippen LogP) is 1.21. The molecule has 92 valence electrons. The minimum absolute atomic E-state index is 1.12. The summed E-state index contributed by atoms with van der Waals surface area (Å²) in [6.07, 6.45) is 10.8. The third kappa shape index (κ3) is 5.58. The number of hydrogen-bond acceptors (Lipinski definition) is 3. The number of nitriles is 2. The van der Waals surface area contributed by atoms with Crippen molar-refractivity contribution < 1.29 is 4.57 Å². The summed E-state index contributed by atoms with van der Waals surface area (Å²) in [5, 5.41) is 16.7. The Balaban J connectivity index is 0.000000437. The van der Waals surface area contributed by atoms with E-state index < -0.39 is 0 Å². The van der Waals surface area contributed by atoms with Crippen LogP contribution in [0.5, 0.6) is 0 Å². The zero-order chi connectivity index (χ0) is 13.1. The number of rotatable bonds is 4. The molecule has 0 saturated heterocycles. The molecule has 5 heteroatoms. The van der Waals surface area contributed by atoms with E-state index in [0.29, 0.717) is 0 Å². The van der Waals surface area contributed by atoms with Gasteiger partial charge in [-0.05, 0) is 6.42 Å². The molecule has 1 heterocycles. The Morgan fingerprint density at radius 3 is 2.41 bits per heavy atom. The van der Waals surface area contributed by atoms with Crippen LogP contribution >= 0.6 is 0 Å². The highest BCUT2D eigenvalue weighted by Crippen LogP contribution is 1.99. The number of aromatic nitrogens is 2. The summed E-state index contributed by atoms with van der Waals surface area (Å²) in [6, 6.07) is 0. The Labute approximate surface area is 103 Å². The molecule has 1 aromatic heterocycles. The number of unbranched alkanes of at least 4 members (excludes halogenated alkanes) is 1. The maximum absolute atomic E-state index is 7.48. The molecule has 1 aromatic rings. The fraction of sp³-hybridized carbons (Fsp3) is 0.583. The second kappa shape index (κ2) is 9.23. The Bertz CT molecular complexity index is 382. The van der Waals surface area contributed by atoms with Gasteiger partial charge in [-0.1, -0.05) is 20.3 Å². The Kier molecular flexibility index (Phi) is 8.14. The van der Waals surface area contributed by atoms with Crippen molar-refractivity contribution >= 4 is 0 Å². The molecule has 1 rings (SSSR count). The van der Waals surface area contributed by atoms with Gasteiger partial charge in [0.2, 0.25) is 0 Å². The SMILES string of the molecule is CCCCn1cc[n+](C)c1CC.N#CNC#N. The maximum Gasteiger partial charge on any atom is 0.255 e. The lowest BCUT2D eigenvalue weighted by Crippen LogP contribution is -2.31. The van der Waals surface area contributed by atoms with Crippen molar-refractivity contribution in [1.82, 2.24) is 9.88 Å². The molecule has 0 aliphatic heterocycles. The molecule has 0 aliphatic carbocycles. The van der Waals surface area contributed by atoms with Gasteiger partial charge in [0.25, 0.3) is 5.82 Å². The molecule has 0 saturated carbocycles. The summed E-state index contributed by atoms with van der Waals surface area (Å²) in [6.45, 7) is 5.60. The van der Waals surface area contributed by atoms with Crippen LogP contribution in [0.4, 0.5) is 0 Å². The van der Waals surface area contributed by atoms with Crippen molar-refractivity contribution in [3.63, 3.8) is 0 Å². The molecule has 0 radical (unpaired) electrons. The van der Waals surface area contributed by atoms with Gasteiger partial charge in [0, 0.05) is 6.42 Å². The normalized spacial score (nSPS) is 8.53. The van der Waals surface area contributed by atoms with E-state index in [9.17, 15) is 0 Å². The highest BCUT2D eigenvalue weighted by molar-refractivity contribution is 4.82. The predicted molar refractivity (Wildman–Crippen MR) is 64.3 cm³/mol. The third-order valence-electron chi connectivity index (χ3n) is 2.39. The topological polar surface area (TPSA) is 68.4 Å². The van der Waals surface area contributed by atoms with Crippen molar-refractivity contribution in [3.8, 4) is 12.4 Å². The fourth-order valence-corrected chi connectivity index (χ4v) is 1.56. The molecule has 0 amide bonds. The first-order valence-electron chi connectivity index (χ1n) is 5.78. The number of hydrogen-bond donors (Lipinski definition) is 1. The molecule has 0 atom stereocenters. The van der Waals surface area contributed by atoms with E-state index in [1.807, 2.05) is 0 Å². The standard InChI is InChI=1S/C10H19N2.C2HN3/c1-4-6-7-12-9-8-11(3)10(12)5-2;3-1-5-2-4/h8-9H,4-7H2,1-3H3;5H/q+1;. The minimum Gasteiger partial charge on any atom is -0.237 e. The Morgan fingerprint density at radius 2 is 2.00 bits per heavy atom. The molecule has 1 N–H and O–H groups in total. The molecule has 5 nitrogen and oxygen atoms in total. The summed E-state index contributed by atoms with van der Waals surface area (Å²) in [5.74, 6) is 1.42. The van der Waals surface area contributed by atoms with Crippen LogP contribution < -0.4 is 9.88 Å². The van der Waals surface area contributed by atoms with Gasteiger partial charge in [-0.15, -0.1) is 0 Å². The smallest absolute Gasteiger partial charge is 0.237 e. The lowest BCUT2D eigenvalue weighted by atomic mass is 10.3. The summed E-state index contributed by atoms with van der Waals surface area (Å²) in [7, 11) is 2.11. The Hall–Kier alpha value is -2.01. The molecule has 0 unspecified atom stereocenters. The van der Waals surface area contributed by atoms with Crippen LogP contribution in [0, 0.1) is 22.9 Å². The van der Waals surface area contributed by atoms with Gasteiger partial charge < -0.3 is 0 Å². The highest BCUT2D eigenvalue weighted by Gasteiger charge is 2.10. The van der Waals surface area contributed by atoms with Crippen molar-refractivity contribution in [2.75, 3.05) is 0 Å². The third-order valence-corrected chi connectivity index (χ3v) is 2.39. The lowest BCUT2D eigenvalue weighted by molar-refractivity contribution is -0.678.